The topological polar surface area (TPSA) is 275 Å². The zero-order valence-electron chi connectivity index (χ0n) is 20.9. The number of hydrogen-bond acceptors (Lipinski definition) is 18. The fourth-order valence-corrected chi connectivity index (χ4v) is 4.18. The zero-order chi connectivity index (χ0) is 26.5. The molecule has 2 heterocycles. The van der Waals surface area contributed by atoms with E-state index in [-0.39, 0.29) is 101 Å². The third-order valence-corrected chi connectivity index (χ3v) is 5.82. The third kappa shape index (κ3) is 12.2. The molecule has 23 heteroatoms. The quantitative estimate of drug-likeness (QED) is 0.0317. The number of carboxylic acids is 1. The second-order valence-electron chi connectivity index (χ2n) is 7.38. The van der Waals surface area contributed by atoms with Gasteiger partial charge in [-0.2, -0.15) is 0 Å². The van der Waals surface area contributed by atoms with Gasteiger partial charge in [0.15, 0.2) is 18.6 Å². The van der Waals surface area contributed by atoms with Gasteiger partial charge in [0.2, 0.25) is 16.3 Å². The first-order chi connectivity index (χ1) is 16.3. The van der Waals surface area contributed by atoms with Crippen LogP contribution in [0.2, 0.25) is 0 Å². The molecule has 10 atom stereocenters. The molecule has 0 spiro atoms. The first kappa shape index (κ1) is 41.9. The Labute approximate surface area is 287 Å². The minimum atomic E-state index is -5.21. The van der Waals surface area contributed by atoms with Crippen molar-refractivity contribution in [3.8, 4) is 0 Å². The van der Waals surface area contributed by atoms with Gasteiger partial charge in [-0.05, 0) is 6.92 Å². The first-order valence-electron chi connectivity index (χ1n) is 9.64. The number of aliphatic hydroxyl groups is 3. The van der Waals surface area contributed by atoms with Crippen LogP contribution < -0.4 is 104 Å². The van der Waals surface area contributed by atoms with E-state index >= 15 is 0 Å². The minimum absolute atomic E-state index is 0. The van der Waals surface area contributed by atoms with Crippen LogP contribution in [-0.4, -0.2) is 108 Å². The summed E-state index contributed by atoms with van der Waals surface area (Å²) in [5.41, 5.74) is 0. The Kier molecular flexibility index (Phi) is 21.1. The van der Waals surface area contributed by atoms with Gasteiger partial charge in [0.05, 0.1) is 24.7 Å². The molecule has 2 aliphatic heterocycles. The number of carbonyl (C=O) groups is 2. The molecule has 2 fully saturated rings. The Bertz CT molecular complexity index is 843. The van der Waals surface area contributed by atoms with Crippen LogP contribution >= 0.6 is 12.3 Å². The number of rotatable bonds is 11. The average molecular weight is 621 g/mol. The third-order valence-electron chi connectivity index (χ3n) is 4.99. The van der Waals surface area contributed by atoms with Crippen molar-refractivity contribution in [3.63, 3.8) is 0 Å². The molecule has 18 nitrogen and oxygen atoms in total. The van der Waals surface area contributed by atoms with Crippen LogP contribution in [0.15, 0.2) is 0 Å². The van der Waals surface area contributed by atoms with E-state index in [1.165, 1.54) is 6.92 Å². The molecule has 1 amide bonds. The number of carbonyl (C=O) groups excluding carboxylic acids is 2. The van der Waals surface area contributed by atoms with Crippen LogP contribution in [0.25, 0.3) is 0 Å². The van der Waals surface area contributed by atoms with Gasteiger partial charge in [0, 0.05) is 6.92 Å². The number of amides is 1. The molecular weight excluding hydrogens is 599 g/mol. The maximum atomic E-state index is 11.8. The summed E-state index contributed by atoms with van der Waals surface area (Å²) in [6.07, 6.45) is -16.0. The van der Waals surface area contributed by atoms with E-state index < -0.39 is 90.0 Å². The summed E-state index contributed by atoms with van der Waals surface area (Å²) < 4.78 is 62.3. The summed E-state index contributed by atoms with van der Waals surface area (Å²) in [6, 6.07) is -1.19. The van der Waals surface area contributed by atoms with Crippen LogP contribution in [-0.2, 0) is 51.9 Å². The van der Waals surface area contributed by atoms with Crippen LogP contribution in [0.5, 0.6) is 0 Å². The Balaban J connectivity index is 0. The molecule has 0 radical (unpaired) electrons. The monoisotopic (exact) mass is 621 g/mol. The van der Waals surface area contributed by atoms with Crippen molar-refractivity contribution in [2.24, 2.45) is 0 Å². The van der Waals surface area contributed by atoms with Gasteiger partial charge in [0.1, 0.15) is 42.7 Å². The summed E-state index contributed by atoms with van der Waals surface area (Å²) in [5.74, 6) is -2.58. The fraction of sp³-hybridized carbons (Fsp3) is 0.867. The normalized spacial score (nSPS) is 35.1. The maximum Gasteiger partial charge on any atom is 1.00 e. The number of aliphatic hydroxyl groups excluding tert-OH is 3. The van der Waals surface area contributed by atoms with Gasteiger partial charge in [-0.1, -0.05) is 0 Å². The largest absolute Gasteiger partial charge is 1.00 e. The molecule has 0 aromatic rings. The molecule has 0 aromatic heterocycles. The zero-order valence-corrected chi connectivity index (χ0v) is 28.5. The van der Waals surface area contributed by atoms with Crippen molar-refractivity contribution in [1.29, 1.82) is 0 Å². The average Bonchev–Trinajstić information content (AvgIpc) is 2.75. The van der Waals surface area contributed by atoms with E-state index in [1.54, 1.807) is 0 Å². The van der Waals surface area contributed by atoms with Gasteiger partial charge in [0.25, 0.3) is 0 Å². The van der Waals surface area contributed by atoms with E-state index in [0.29, 0.717) is 0 Å². The molecule has 38 heavy (non-hydrogen) atoms. The minimum Gasteiger partial charge on any atom is -0.726 e. The Morgan fingerprint density at radius 3 is 2.16 bits per heavy atom. The number of aliphatic carboxylic acids is 1. The van der Waals surface area contributed by atoms with Crippen molar-refractivity contribution in [2.75, 3.05) is 6.61 Å². The maximum absolute atomic E-state index is 11.8. The van der Waals surface area contributed by atoms with E-state index in [1.807, 2.05) is 0 Å². The van der Waals surface area contributed by atoms with Crippen LogP contribution in [0, 0.1) is 0 Å². The Hall–Kier alpha value is 1.76. The molecule has 0 aromatic carbocycles. The summed E-state index contributed by atoms with van der Waals surface area (Å²) in [6.45, 7) is 1.54. The van der Waals surface area contributed by atoms with Gasteiger partial charge in [-0.15, -0.1) is 4.33 Å². The molecular formula is C15H22NNa3O17S2. The summed E-state index contributed by atoms with van der Waals surface area (Å²) in [4.78, 5) is 23.0. The van der Waals surface area contributed by atoms with Crippen molar-refractivity contribution in [2.45, 2.75) is 75.0 Å². The standard InChI is InChI=1S/C15H25NO17S2.3Na/c1-4-7(16-5(2)17)12(29-15-10(20)8(18)9(19)13(30-15)14(21)22)11(31-34-33-32-23)6(28-4)3-27-35(24,25)26;;;/h4,6-13,15,18-20,23H,3H2,1-2H3,(H,16,17)(H,21,22)(H,24,25,26);;;/q;3*+1/p-3/t4-,6?,7?,8+,9+,10?,11-,12-,13?,15-;;;/m1.../s1. The second kappa shape index (κ2) is 19.1. The molecule has 4 unspecified atom stereocenters. The summed E-state index contributed by atoms with van der Waals surface area (Å²) >= 11 is -0.0954. The molecule has 204 valence electrons. The Morgan fingerprint density at radius 2 is 1.66 bits per heavy atom. The Morgan fingerprint density at radius 1 is 1.05 bits per heavy atom. The number of hydrogen-bond donors (Lipinski definition) is 4. The number of ether oxygens (including phenoxy) is 3. The van der Waals surface area contributed by atoms with Crippen LogP contribution in [0.1, 0.15) is 13.8 Å². The summed E-state index contributed by atoms with van der Waals surface area (Å²) in [7, 11) is -5.21. The number of carboxylic acid groups (broad SMARTS) is 1. The van der Waals surface area contributed by atoms with Crippen molar-refractivity contribution < 1.29 is 169 Å². The fourth-order valence-electron chi connectivity index (χ4n) is 3.50. The molecule has 0 aliphatic carbocycles. The molecule has 2 saturated heterocycles. The van der Waals surface area contributed by atoms with Gasteiger partial charge in [-0.25, -0.2) is 8.42 Å². The molecule has 2 rings (SSSR count). The van der Waals surface area contributed by atoms with E-state index in [0.717, 1.165) is 6.92 Å². The predicted octanol–water partition coefficient (Wildman–Crippen LogP) is -15.1. The number of nitrogens with one attached hydrogen (secondary N) is 1. The van der Waals surface area contributed by atoms with E-state index in [9.17, 15) is 48.2 Å². The van der Waals surface area contributed by atoms with Gasteiger partial charge >= 0.3 is 88.7 Å². The van der Waals surface area contributed by atoms with Crippen molar-refractivity contribution >= 4 is 34.6 Å². The molecule has 4 N–H and O–H groups in total. The van der Waals surface area contributed by atoms with Gasteiger partial charge in [-0.3, -0.25) is 18.2 Å². The predicted molar refractivity (Wildman–Crippen MR) is 98.8 cm³/mol. The van der Waals surface area contributed by atoms with E-state index in [2.05, 4.69) is 18.9 Å². The SMILES string of the molecule is CC(=O)NC1[C@@H](O[C@@H]2OC(C(=O)[O-])[C@@H](O)[C@H](O)C2O)[C@H](OSOO[O-])C(COS(=O)(=O)[O-])O[C@@H]1C.[Na+].[Na+].[Na+]. The van der Waals surface area contributed by atoms with Crippen molar-refractivity contribution in [3.05, 3.63) is 0 Å². The van der Waals surface area contributed by atoms with Crippen molar-refractivity contribution in [1.82, 2.24) is 5.32 Å². The molecule has 0 saturated carbocycles. The second-order valence-corrected chi connectivity index (χ2v) is 8.90. The van der Waals surface area contributed by atoms with Crippen LogP contribution in [0.4, 0.5) is 0 Å². The smallest absolute Gasteiger partial charge is 0.726 e. The van der Waals surface area contributed by atoms with Gasteiger partial charge < -0.3 is 54.6 Å². The van der Waals surface area contributed by atoms with Crippen LogP contribution in [0.3, 0.4) is 0 Å². The summed E-state index contributed by atoms with van der Waals surface area (Å²) in [5, 5.41) is 57.1. The first-order valence-corrected chi connectivity index (χ1v) is 11.6. The van der Waals surface area contributed by atoms with E-state index in [4.69, 9.17) is 18.4 Å². The molecule has 0 bridgehead atoms. The molecule has 2 aliphatic rings.